The average molecular weight is 285 g/mol. The SMILES string of the molecule is CC(C)C(C)CC(=O)NCC(C(=O)O)C1CCOCC1. The van der Waals surface area contributed by atoms with Crippen molar-refractivity contribution < 1.29 is 19.4 Å². The van der Waals surface area contributed by atoms with Crippen molar-refractivity contribution in [2.24, 2.45) is 23.7 Å². The highest BCUT2D eigenvalue weighted by Crippen LogP contribution is 2.24. The van der Waals surface area contributed by atoms with E-state index in [1.165, 1.54) is 0 Å². The maximum atomic E-state index is 11.8. The number of ether oxygens (including phenoxy) is 1. The lowest BCUT2D eigenvalue weighted by Gasteiger charge is -2.27. The lowest BCUT2D eigenvalue weighted by atomic mass is 9.86. The molecule has 5 heteroatoms. The molecule has 1 amide bonds. The summed E-state index contributed by atoms with van der Waals surface area (Å²) in [6, 6.07) is 0. The van der Waals surface area contributed by atoms with E-state index in [1.54, 1.807) is 0 Å². The Morgan fingerprint density at radius 3 is 2.35 bits per heavy atom. The second-order valence-electron chi connectivity index (χ2n) is 6.12. The van der Waals surface area contributed by atoms with E-state index in [1.807, 2.05) is 6.92 Å². The topological polar surface area (TPSA) is 75.6 Å². The first-order valence-corrected chi connectivity index (χ1v) is 7.49. The molecule has 1 rings (SSSR count). The van der Waals surface area contributed by atoms with Gasteiger partial charge >= 0.3 is 5.97 Å². The van der Waals surface area contributed by atoms with Crippen LogP contribution >= 0.6 is 0 Å². The first-order valence-electron chi connectivity index (χ1n) is 7.49. The van der Waals surface area contributed by atoms with Crippen LogP contribution in [0, 0.1) is 23.7 Å². The van der Waals surface area contributed by atoms with Gasteiger partial charge in [0, 0.05) is 26.2 Å². The van der Waals surface area contributed by atoms with Gasteiger partial charge in [-0.1, -0.05) is 20.8 Å². The van der Waals surface area contributed by atoms with Crippen LogP contribution in [0.3, 0.4) is 0 Å². The standard InChI is InChI=1S/C15H27NO4/c1-10(2)11(3)8-14(17)16-9-13(15(18)19)12-4-6-20-7-5-12/h10-13H,4-9H2,1-3H3,(H,16,17)(H,18,19). The van der Waals surface area contributed by atoms with E-state index < -0.39 is 11.9 Å². The number of hydrogen-bond acceptors (Lipinski definition) is 3. The zero-order chi connectivity index (χ0) is 15.1. The number of aliphatic carboxylic acids is 1. The fraction of sp³-hybridized carbons (Fsp3) is 0.867. The predicted octanol–water partition coefficient (Wildman–Crippen LogP) is 1.91. The van der Waals surface area contributed by atoms with Gasteiger partial charge in [-0.2, -0.15) is 0 Å². The molecule has 0 aromatic heterocycles. The largest absolute Gasteiger partial charge is 0.481 e. The molecule has 0 saturated carbocycles. The van der Waals surface area contributed by atoms with Crippen LogP contribution in [0.15, 0.2) is 0 Å². The highest BCUT2D eigenvalue weighted by Gasteiger charge is 2.30. The summed E-state index contributed by atoms with van der Waals surface area (Å²) in [5.41, 5.74) is 0. The molecule has 1 saturated heterocycles. The number of rotatable bonds is 7. The highest BCUT2D eigenvalue weighted by atomic mass is 16.5. The van der Waals surface area contributed by atoms with E-state index in [-0.39, 0.29) is 18.4 Å². The monoisotopic (exact) mass is 285 g/mol. The van der Waals surface area contributed by atoms with Gasteiger partial charge in [0.1, 0.15) is 0 Å². The highest BCUT2D eigenvalue weighted by molar-refractivity contribution is 5.77. The third-order valence-electron chi connectivity index (χ3n) is 4.32. The number of carboxylic acid groups (broad SMARTS) is 1. The minimum Gasteiger partial charge on any atom is -0.481 e. The molecule has 0 aromatic rings. The molecular weight excluding hydrogens is 258 g/mol. The molecule has 1 heterocycles. The first kappa shape index (κ1) is 17.0. The summed E-state index contributed by atoms with van der Waals surface area (Å²) < 4.78 is 5.25. The number of amides is 1. The number of carboxylic acids is 1. The molecule has 2 atom stereocenters. The van der Waals surface area contributed by atoms with E-state index in [9.17, 15) is 14.7 Å². The van der Waals surface area contributed by atoms with Gasteiger partial charge in [0.15, 0.2) is 0 Å². The molecular formula is C15H27NO4. The molecule has 20 heavy (non-hydrogen) atoms. The van der Waals surface area contributed by atoms with Crippen molar-refractivity contribution in [3.63, 3.8) is 0 Å². The summed E-state index contributed by atoms with van der Waals surface area (Å²) >= 11 is 0. The predicted molar refractivity (Wildman–Crippen MR) is 76.3 cm³/mol. The Kier molecular flexibility index (Phi) is 6.99. The summed E-state index contributed by atoms with van der Waals surface area (Å²) in [5.74, 6) is -0.521. The summed E-state index contributed by atoms with van der Waals surface area (Å²) in [6.07, 6.45) is 1.97. The molecule has 0 spiro atoms. The van der Waals surface area contributed by atoms with Crippen molar-refractivity contribution in [2.45, 2.75) is 40.0 Å². The van der Waals surface area contributed by atoms with Gasteiger partial charge in [-0.25, -0.2) is 0 Å². The van der Waals surface area contributed by atoms with E-state index >= 15 is 0 Å². The van der Waals surface area contributed by atoms with Crippen molar-refractivity contribution in [1.29, 1.82) is 0 Å². The first-order chi connectivity index (χ1) is 9.41. The van der Waals surface area contributed by atoms with Gasteiger partial charge in [-0.3, -0.25) is 9.59 Å². The third kappa shape index (κ3) is 5.49. The molecule has 1 fully saturated rings. The minimum atomic E-state index is -0.825. The van der Waals surface area contributed by atoms with Gasteiger partial charge in [0.25, 0.3) is 0 Å². The molecule has 2 unspecified atom stereocenters. The second-order valence-corrected chi connectivity index (χ2v) is 6.12. The zero-order valence-electron chi connectivity index (χ0n) is 12.7. The summed E-state index contributed by atoms with van der Waals surface area (Å²) in [4.78, 5) is 23.2. The Balaban J connectivity index is 2.42. The van der Waals surface area contributed by atoms with Crippen LogP contribution in [0.4, 0.5) is 0 Å². The number of carbonyl (C=O) groups is 2. The molecule has 0 radical (unpaired) electrons. The van der Waals surface area contributed by atoms with Crippen molar-refractivity contribution in [3.05, 3.63) is 0 Å². The molecule has 2 N–H and O–H groups in total. The van der Waals surface area contributed by atoms with Crippen LogP contribution < -0.4 is 5.32 Å². The maximum Gasteiger partial charge on any atom is 0.308 e. The summed E-state index contributed by atoms with van der Waals surface area (Å²) in [5, 5.41) is 12.1. The lowest BCUT2D eigenvalue weighted by molar-refractivity contribution is -0.145. The Labute approximate surface area is 121 Å². The van der Waals surface area contributed by atoms with Gasteiger partial charge in [0.05, 0.1) is 5.92 Å². The molecule has 116 valence electrons. The maximum absolute atomic E-state index is 11.8. The van der Waals surface area contributed by atoms with E-state index in [4.69, 9.17) is 4.74 Å². The van der Waals surface area contributed by atoms with Crippen LogP contribution in [0.2, 0.25) is 0 Å². The van der Waals surface area contributed by atoms with E-state index in [2.05, 4.69) is 19.2 Å². The van der Waals surface area contributed by atoms with Gasteiger partial charge < -0.3 is 15.2 Å². The van der Waals surface area contributed by atoms with Crippen molar-refractivity contribution in [3.8, 4) is 0 Å². The number of carbonyl (C=O) groups excluding carboxylic acids is 1. The Morgan fingerprint density at radius 1 is 1.25 bits per heavy atom. The molecule has 1 aliphatic heterocycles. The molecule has 0 bridgehead atoms. The third-order valence-corrected chi connectivity index (χ3v) is 4.32. The van der Waals surface area contributed by atoms with Crippen LogP contribution in [-0.2, 0) is 14.3 Å². The number of nitrogens with one attached hydrogen (secondary N) is 1. The van der Waals surface area contributed by atoms with Gasteiger partial charge in [-0.05, 0) is 30.6 Å². The molecule has 0 aromatic carbocycles. The van der Waals surface area contributed by atoms with Gasteiger partial charge in [-0.15, -0.1) is 0 Å². The average Bonchev–Trinajstić information content (AvgIpc) is 2.39. The molecule has 5 nitrogen and oxygen atoms in total. The van der Waals surface area contributed by atoms with Crippen LogP contribution in [-0.4, -0.2) is 36.7 Å². The fourth-order valence-corrected chi connectivity index (χ4v) is 2.40. The molecule has 0 aliphatic carbocycles. The van der Waals surface area contributed by atoms with Crippen molar-refractivity contribution in [2.75, 3.05) is 19.8 Å². The van der Waals surface area contributed by atoms with Crippen molar-refractivity contribution in [1.82, 2.24) is 5.32 Å². The Morgan fingerprint density at radius 2 is 1.85 bits per heavy atom. The smallest absolute Gasteiger partial charge is 0.308 e. The summed E-state index contributed by atoms with van der Waals surface area (Å²) in [7, 11) is 0. The van der Waals surface area contributed by atoms with E-state index in [0.29, 0.717) is 31.5 Å². The Hall–Kier alpha value is -1.10. The number of hydrogen-bond donors (Lipinski definition) is 2. The molecule has 1 aliphatic rings. The summed E-state index contributed by atoms with van der Waals surface area (Å²) in [6.45, 7) is 7.67. The normalized spacial score (nSPS) is 19.6. The van der Waals surface area contributed by atoms with Crippen LogP contribution in [0.5, 0.6) is 0 Å². The Bertz CT molecular complexity index is 324. The lowest BCUT2D eigenvalue weighted by Crippen LogP contribution is -2.39. The van der Waals surface area contributed by atoms with Crippen molar-refractivity contribution >= 4 is 11.9 Å². The van der Waals surface area contributed by atoms with Crippen LogP contribution in [0.1, 0.15) is 40.0 Å². The van der Waals surface area contributed by atoms with E-state index in [0.717, 1.165) is 12.8 Å². The van der Waals surface area contributed by atoms with Crippen LogP contribution in [0.25, 0.3) is 0 Å². The minimum absolute atomic E-state index is 0.0514. The van der Waals surface area contributed by atoms with Gasteiger partial charge in [0.2, 0.25) is 5.91 Å². The fourth-order valence-electron chi connectivity index (χ4n) is 2.40. The quantitative estimate of drug-likeness (QED) is 0.749. The second kappa shape index (κ2) is 8.25. The zero-order valence-corrected chi connectivity index (χ0v) is 12.7.